The number of hydrogen-bond donors (Lipinski definition) is 2. The Balaban J connectivity index is 2.15. The van der Waals surface area contributed by atoms with Gasteiger partial charge in [0.25, 0.3) is 0 Å². The summed E-state index contributed by atoms with van der Waals surface area (Å²) in [6.45, 7) is 1.40. The lowest BCUT2D eigenvalue weighted by atomic mass is 9.89. The number of rotatable bonds is 1. The fourth-order valence-corrected chi connectivity index (χ4v) is 3.26. The fourth-order valence-electron chi connectivity index (χ4n) is 3.26. The Morgan fingerprint density at radius 2 is 1.17 bits per heavy atom. The van der Waals surface area contributed by atoms with Gasteiger partial charge in [-0.1, -0.05) is 0 Å². The quantitative estimate of drug-likeness (QED) is 0.726. The maximum absolute atomic E-state index is 11.5. The number of primary amides is 2. The van der Waals surface area contributed by atoms with Crippen LogP contribution in [0.2, 0.25) is 0 Å². The lowest BCUT2D eigenvalue weighted by Crippen LogP contribution is -2.60. The summed E-state index contributed by atoms with van der Waals surface area (Å²) in [6, 6.07) is -0.669. The Hall–Kier alpha value is -1.46. The lowest BCUT2D eigenvalue weighted by molar-refractivity contribution is 0.0711. The van der Waals surface area contributed by atoms with Gasteiger partial charge in [0.1, 0.15) is 0 Å². The van der Waals surface area contributed by atoms with Gasteiger partial charge in [0.2, 0.25) is 0 Å². The molecule has 2 unspecified atom stereocenters. The van der Waals surface area contributed by atoms with Crippen molar-refractivity contribution in [1.29, 1.82) is 0 Å². The van der Waals surface area contributed by atoms with Gasteiger partial charge in [-0.05, 0) is 38.5 Å². The van der Waals surface area contributed by atoms with Crippen LogP contribution in [-0.2, 0) is 0 Å². The minimum Gasteiger partial charge on any atom is -0.351 e. The Labute approximate surface area is 107 Å². The van der Waals surface area contributed by atoms with E-state index >= 15 is 0 Å². The molecule has 0 aromatic rings. The van der Waals surface area contributed by atoms with Crippen LogP contribution < -0.4 is 11.5 Å². The van der Waals surface area contributed by atoms with Crippen molar-refractivity contribution in [2.45, 2.75) is 50.6 Å². The number of nitrogens with two attached hydrogens (primary N) is 2. The van der Waals surface area contributed by atoms with Crippen LogP contribution in [0.4, 0.5) is 9.59 Å². The van der Waals surface area contributed by atoms with Crippen molar-refractivity contribution in [1.82, 2.24) is 9.80 Å². The summed E-state index contributed by atoms with van der Waals surface area (Å²) in [6.07, 6.45) is 5.97. The third-order valence-corrected chi connectivity index (χ3v) is 4.11. The summed E-state index contributed by atoms with van der Waals surface area (Å²) >= 11 is 0. The Morgan fingerprint density at radius 1 is 0.778 bits per heavy atom. The monoisotopic (exact) mass is 254 g/mol. The highest BCUT2D eigenvalue weighted by molar-refractivity contribution is 5.74. The van der Waals surface area contributed by atoms with Gasteiger partial charge < -0.3 is 21.3 Å². The molecule has 2 saturated heterocycles. The van der Waals surface area contributed by atoms with Crippen LogP contribution in [0.1, 0.15) is 38.5 Å². The number of carbonyl (C=O) groups is 2. The average molecular weight is 254 g/mol. The van der Waals surface area contributed by atoms with E-state index < -0.39 is 0 Å². The summed E-state index contributed by atoms with van der Waals surface area (Å²) in [7, 11) is 0. The molecule has 2 atom stereocenters. The fraction of sp³-hybridized carbons (Fsp3) is 0.833. The molecule has 2 aliphatic rings. The number of nitrogens with zero attached hydrogens (tertiary/aromatic N) is 2. The molecule has 2 aliphatic heterocycles. The highest BCUT2D eigenvalue weighted by Crippen LogP contribution is 2.28. The Bertz CT molecular complexity index is 302. The molecule has 2 fully saturated rings. The predicted octanol–water partition coefficient (Wildman–Crippen LogP) is 0.853. The normalized spacial score (nSPS) is 29.1. The first-order valence-corrected chi connectivity index (χ1v) is 6.73. The van der Waals surface area contributed by atoms with Crippen LogP contribution in [0.5, 0.6) is 0 Å². The van der Waals surface area contributed by atoms with Gasteiger partial charge in [-0.3, -0.25) is 0 Å². The van der Waals surface area contributed by atoms with E-state index in [9.17, 15) is 9.59 Å². The number of carbonyl (C=O) groups excluding carboxylic acids is 2. The van der Waals surface area contributed by atoms with E-state index in [-0.39, 0.29) is 24.1 Å². The lowest BCUT2D eigenvalue weighted by Gasteiger charge is -2.45. The predicted molar refractivity (Wildman–Crippen MR) is 67.9 cm³/mol. The Morgan fingerprint density at radius 3 is 1.50 bits per heavy atom. The molecular formula is C12H22N4O2. The first-order chi connectivity index (χ1) is 8.61. The molecule has 0 spiro atoms. The van der Waals surface area contributed by atoms with E-state index in [0.717, 1.165) is 38.5 Å². The van der Waals surface area contributed by atoms with Gasteiger partial charge >= 0.3 is 12.1 Å². The van der Waals surface area contributed by atoms with E-state index in [1.54, 1.807) is 9.80 Å². The second-order valence-corrected chi connectivity index (χ2v) is 5.19. The van der Waals surface area contributed by atoms with Crippen molar-refractivity contribution in [3.63, 3.8) is 0 Å². The molecule has 2 rings (SSSR count). The van der Waals surface area contributed by atoms with Crippen LogP contribution in [0.25, 0.3) is 0 Å². The second kappa shape index (κ2) is 5.46. The van der Waals surface area contributed by atoms with E-state index in [2.05, 4.69) is 0 Å². The summed E-state index contributed by atoms with van der Waals surface area (Å²) in [4.78, 5) is 26.4. The van der Waals surface area contributed by atoms with E-state index in [1.165, 1.54) is 0 Å². The molecule has 4 N–H and O–H groups in total. The summed E-state index contributed by atoms with van der Waals surface area (Å²) in [5.74, 6) is 0. The highest BCUT2D eigenvalue weighted by atomic mass is 16.2. The van der Waals surface area contributed by atoms with Crippen LogP contribution in [0.3, 0.4) is 0 Å². The maximum Gasteiger partial charge on any atom is 0.315 e. The largest absolute Gasteiger partial charge is 0.351 e. The third-order valence-electron chi connectivity index (χ3n) is 4.11. The molecule has 4 amide bonds. The van der Waals surface area contributed by atoms with Crippen molar-refractivity contribution >= 4 is 12.1 Å². The summed E-state index contributed by atoms with van der Waals surface area (Å²) in [5, 5.41) is 0. The summed E-state index contributed by atoms with van der Waals surface area (Å²) < 4.78 is 0. The number of likely N-dealkylation sites (tertiary alicyclic amines) is 2. The van der Waals surface area contributed by atoms with E-state index in [4.69, 9.17) is 11.5 Å². The van der Waals surface area contributed by atoms with E-state index in [0.29, 0.717) is 13.1 Å². The molecule has 0 aliphatic carbocycles. The molecule has 0 radical (unpaired) electrons. The molecule has 6 heteroatoms. The second-order valence-electron chi connectivity index (χ2n) is 5.19. The topological polar surface area (TPSA) is 92.7 Å². The van der Waals surface area contributed by atoms with Gasteiger partial charge in [-0.2, -0.15) is 0 Å². The van der Waals surface area contributed by atoms with Crippen molar-refractivity contribution in [2.75, 3.05) is 13.1 Å². The van der Waals surface area contributed by atoms with Gasteiger partial charge in [0.15, 0.2) is 0 Å². The van der Waals surface area contributed by atoms with Crippen molar-refractivity contribution in [3.8, 4) is 0 Å². The zero-order valence-corrected chi connectivity index (χ0v) is 10.7. The highest BCUT2D eigenvalue weighted by Gasteiger charge is 2.37. The zero-order valence-electron chi connectivity index (χ0n) is 10.7. The molecular weight excluding hydrogens is 232 g/mol. The number of amides is 4. The molecule has 0 saturated carbocycles. The van der Waals surface area contributed by atoms with Gasteiger partial charge in [0.05, 0.1) is 12.1 Å². The first-order valence-electron chi connectivity index (χ1n) is 6.73. The third kappa shape index (κ3) is 2.52. The molecule has 0 aromatic carbocycles. The smallest absolute Gasteiger partial charge is 0.315 e. The standard InChI is InChI=1S/C12H22N4O2/c13-11(17)15-7-3-1-5-9(15)10-6-2-4-8-16(10)12(14)18/h9-10H,1-8H2,(H2,13,17)(H2,14,18). The van der Waals surface area contributed by atoms with Crippen LogP contribution in [0, 0.1) is 0 Å². The maximum atomic E-state index is 11.5. The van der Waals surface area contributed by atoms with Crippen molar-refractivity contribution < 1.29 is 9.59 Å². The van der Waals surface area contributed by atoms with E-state index in [1.807, 2.05) is 0 Å². The Kier molecular flexibility index (Phi) is 3.93. The molecule has 6 nitrogen and oxygen atoms in total. The minimum absolute atomic E-state index is 0.0454. The van der Waals surface area contributed by atoms with Crippen LogP contribution in [-0.4, -0.2) is 47.0 Å². The van der Waals surface area contributed by atoms with Crippen molar-refractivity contribution in [3.05, 3.63) is 0 Å². The molecule has 0 bridgehead atoms. The van der Waals surface area contributed by atoms with Crippen LogP contribution >= 0.6 is 0 Å². The van der Waals surface area contributed by atoms with Gasteiger partial charge in [-0.25, -0.2) is 9.59 Å². The molecule has 0 aromatic heterocycles. The first kappa shape index (κ1) is 13.0. The van der Waals surface area contributed by atoms with Crippen molar-refractivity contribution in [2.24, 2.45) is 11.5 Å². The summed E-state index contributed by atoms with van der Waals surface area (Å²) in [5.41, 5.74) is 10.9. The number of piperidine rings is 2. The van der Waals surface area contributed by atoms with Crippen LogP contribution in [0.15, 0.2) is 0 Å². The van der Waals surface area contributed by atoms with Gasteiger partial charge in [0, 0.05) is 13.1 Å². The average Bonchev–Trinajstić information content (AvgIpc) is 2.38. The molecule has 102 valence electrons. The number of hydrogen-bond acceptors (Lipinski definition) is 2. The SMILES string of the molecule is NC(=O)N1CCCCC1C1CCCCN1C(N)=O. The zero-order chi connectivity index (χ0) is 13.1. The van der Waals surface area contributed by atoms with Gasteiger partial charge in [-0.15, -0.1) is 0 Å². The molecule has 18 heavy (non-hydrogen) atoms. The number of urea groups is 2. The molecule has 2 heterocycles. The minimum atomic E-state index is -0.380.